The molecule has 22 heavy (non-hydrogen) atoms. The van der Waals surface area contributed by atoms with Crippen LogP contribution in [0.15, 0.2) is 0 Å². The molecule has 0 fully saturated rings. The highest BCUT2D eigenvalue weighted by Crippen LogP contribution is 1.94. The van der Waals surface area contributed by atoms with Crippen LogP contribution in [0.5, 0.6) is 0 Å². The van der Waals surface area contributed by atoms with Gasteiger partial charge in [-0.25, -0.2) is 0 Å². The van der Waals surface area contributed by atoms with E-state index < -0.39 is 0 Å². The van der Waals surface area contributed by atoms with Gasteiger partial charge in [-0.3, -0.25) is 0 Å². The monoisotopic (exact) mass is 316 g/mol. The molecule has 0 bridgehead atoms. The predicted octanol–water partition coefficient (Wildman–Crippen LogP) is 2.56. The van der Waals surface area contributed by atoms with Gasteiger partial charge < -0.3 is 19.6 Å². The molecule has 0 aromatic carbocycles. The van der Waals surface area contributed by atoms with Gasteiger partial charge in [-0.2, -0.15) is 0 Å². The van der Waals surface area contributed by atoms with Gasteiger partial charge in [0.25, 0.3) is 0 Å². The molecule has 0 amide bonds. The van der Waals surface area contributed by atoms with Gasteiger partial charge in [0.05, 0.1) is 0 Å². The summed E-state index contributed by atoms with van der Waals surface area (Å²) in [4.78, 5) is 9.40. The summed E-state index contributed by atoms with van der Waals surface area (Å²) < 4.78 is 0. The normalized spacial score (nSPS) is 11.5. The van der Waals surface area contributed by atoms with E-state index in [2.05, 4.69) is 75.5 Å². The van der Waals surface area contributed by atoms with Gasteiger partial charge in [0.1, 0.15) is 0 Å². The van der Waals surface area contributed by atoms with Crippen molar-refractivity contribution < 1.29 is 0 Å². The topological polar surface area (TPSA) is 13.0 Å². The molecule has 0 aromatic rings. The molecule has 136 valence electrons. The Bertz CT molecular complexity index is 179. The Morgan fingerprint density at radius 1 is 0.455 bits per heavy atom. The summed E-state index contributed by atoms with van der Waals surface area (Å²) in [6.07, 6.45) is 2.57. The molecule has 0 spiro atoms. The smallest absolute Gasteiger partial charge is 0.000678 e. The number of rotatable bonds is 12. The molecule has 0 radical (unpaired) electrons. The molecule has 0 aromatic heterocycles. The van der Waals surface area contributed by atoms with E-state index in [9.17, 15) is 0 Å². The Morgan fingerprint density at radius 3 is 0.955 bits per heavy atom. The Kier molecular flexibility index (Phi) is 18.8. The highest BCUT2D eigenvalue weighted by Gasteiger charge is 2.01. The van der Waals surface area contributed by atoms with Crippen molar-refractivity contribution in [3.63, 3.8) is 0 Å². The molecule has 0 saturated heterocycles. The van der Waals surface area contributed by atoms with Crippen molar-refractivity contribution >= 4 is 0 Å². The minimum Gasteiger partial charge on any atom is -0.309 e. The molecule has 0 saturated carbocycles. The van der Waals surface area contributed by atoms with E-state index in [1.54, 1.807) is 0 Å². The third-order valence-corrected chi connectivity index (χ3v) is 3.95. The summed E-state index contributed by atoms with van der Waals surface area (Å²) in [5.41, 5.74) is 0. The number of hydrogen-bond donors (Lipinski definition) is 0. The lowest BCUT2D eigenvalue weighted by atomic mass is 10.3. The molecule has 4 heteroatoms. The quantitative estimate of drug-likeness (QED) is 0.548. The van der Waals surface area contributed by atoms with Crippen LogP contribution in [0, 0.1) is 0 Å². The Labute approximate surface area is 141 Å². The summed E-state index contributed by atoms with van der Waals surface area (Å²) >= 11 is 0. The van der Waals surface area contributed by atoms with Gasteiger partial charge in [-0.1, -0.05) is 27.7 Å². The van der Waals surface area contributed by atoms with Crippen molar-refractivity contribution in [2.45, 2.75) is 40.5 Å². The van der Waals surface area contributed by atoms with Gasteiger partial charge in [0.2, 0.25) is 0 Å². The van der Waals surface area contributed by atoms with E-state index in [4.69, 9.17) is 0 Å². The van der Waals surface area contributed by atoms with Crippen LogP contribution < -0.4 is 0 Å². The third kappa shape index (κ3) is 17.9. The first-order valence-electron chi connectivity index (χ1n) is 9.15. The lowest BCUT2D eigenvalue weighted by molar-refractivity contribution is 0.250. The number of nitrogens with zero attached hydrogens (tertiary/aromatic N) is 4. The lowest BCUT2D eigenvalue weighted by Crippen LogP contribution is -2.29. The van der Waals surface area contributed by atoms with Crippen LogP contribution in [0.1, 0.15) is 40.5 Å². The van der Waals surface area contributed by atoms with Crippen LogP contribution in [-0.2, 0) is 0 Å². The average Bonchev–Trinajstić information content (AvgIpc) is 2.47. The van der Waals surface area contributed by atoms with E-state index in [1.165, 1.54) is 65.2 Å². The van der Waals surface area contributed by atoms with E-state index in [0.29, 0.717) is 0 Å². The van der Waals surface area contributed by atoms with Crippen molar-refractivity contribution in [3.8, 4) is 0 Å². The van der Waals surface area contributed by atoms with E-state index in [0.717, 1.165) is 0 Å². The minimum absolute atomic E-state index is 1.19. The molecular formula is C18H44N4. The van der Waals surface area contributed by atoms with Crippen molar-refractivity contribution in [1.29, 1.82) is 0 Å². The standard InChI is InChI=1S/C11H26N2.C7H18N2/c1-5-12(6-2)10-9-11-13(7-3)8-4;1-8(2)6-5-7-9(3)4/h5-11H2,1-4H3;5-7H2,1-4H3. The Balaban J connectivity index is 0. The second-order valence-corrected chi connectivity index (χ2v) is 6.37. The van der Waals surface area contributed by atoms with Crippen LogP contribution in [0.4, 0.5) is 0 Å². The first-order valence-corrected chi connectivity index (χ1v) is 9.15. The fraction of sp³-hybridized carbons (Fsp3) is 1.00. The zero-order valence-corrected chi connectivity index (χ0v) is 16.9. The summed E-state index contributed by atoms with van der Waals surface area (Å²) in [6, 6.07) is 0. The van der Waals surface area contributed by atoms with Gasteiger partial charge >= 0.3 is 0 Å². The third-order valence-electron chi connectivity index (χ3n) is 3.95. The Morgan fingerprint density at radius 2 is 0.727 bits per heavy atom. The van der Waals surface area contributed by atoms with E-state index >= 15 is 0 Å². The molecule has 0 unspecified atom stereocenters. The zero-order valence-electron chi connectivity index (χ0n) is 16.9. The highest BCUT2D eigenvalue weighted by molar-refractivity contribution is 4.57. The van der Waals surface area contributed by atoms with Gasteiger partial charge in [-0.05, 0) is 93.4 Å². The molecule has 0 aliphatic heterocycles. The maximum atomic E-state index is 2.49. The van der Waals surface area contributed by atoms with Crippen LogP contribution in [0.25, 0.3) is 0 Å². The second-order valence-electron chi connectivity index (χ2n) is 6.37. The van der Waals surface area contributed by atoms with E-state index in [-0.39, 0.29) is 0 Å². The average molecular weight is 317 g/mol. The summed E-state index contributed by atoms with van der Waals surface area (Å²) in [7, 11) is 8.43. The molecule has 0 N–H and O–H groups in total. The first kappa shape index (κ1) is 24.1. The predicted molar refractivity (Wildman–Crippen MR) is 102 cm³/mol. The van der Waals surface area contributed by atoms with Crippen molar-refractivity contribution in [3.05, 3.63) is 0 Å². The molecule has 0 heterocycles. The van der Waals surface area contributed by atoms with Crippen LogP contribution in [0.3, 0.4) is 0 Å². The largest absolute Gasteiger partial charge is 0.309 e. The summed E-state index contributed by atoms with van der Waals surface area (Å²) in [6.45, 7) is 18.6. The molecule has 4 nitrogen and oxygen atoms in total. The van der Waals surface area contributed by atoms with Crippen molar-refractivity contribution in [2.75, 3.05) is 80.5 Å². The highest BCUT2D eigenvalue weighted by atomic mass is 15.1. The van der Waals surface area contributed by atoms with Gasteiger partial charge in [0.15, 0.2) is 0 Å². The fourth-order valence-electron chi connectivity index (χ4n) is 2.30. The molecule has 0 aliphatic rings. The van der Waals surface area contributed by atoms with Gasteiger partial charge in [0, 0.05) is 0 Å². The number of hydrogen-bond acceptors (Lipinski definition) is 4. The fourth-order valence-corrected chi connectivity index (χ4v) is 2.30. The molecular weight excluding hydrogens is 272 g/mol. The van der Waals surface area contributed by atoms with E-state index in [1.807, 2.05) is 0 Å². The maximum Gasteiger partial charge on any atom is -0.000678 e. The molecule has 0 atom stereocenters. The minimum atomic E-state index is 1.19. The molecule has 0 rings (SSSR count). The lowest BCUT2D eigenvalue weighted by Gasteiger charge is -2.21. The zero-order chi connectivity index (χ0) is 17.4. The SMILES string of the molecule is CCN(CC)CCCN(CC)CC.CN(C)CCCN(C)C. The first-order chi connectivity index (χ1) is 10.4. The van der Waals surface area contributed by atoms with Crippen LogP contribution in [-0.4, -0.2) is 100 Å². The van der Waals surface area contributed by atoms with Crippen LogP contribution in [0.2, 0.25) is 0 Å². The van der Waals surface area contributed by atoms with Crippen molar-refractivity contribution in [2.24, 2.45) is 0 Å². The van der Waals surface area contributed by atoms with Gasteiger partial charge in [-0.15, -0.1) is 0 Å². The maximum absolute atomic E-state index is 2.49. The van der Waals surface area contributed by atoms with Crippen LogP contribution >= 0.6 is 0 Å². The second kappa shape index (κ2) is 17.2. The summed E-state index contributed by atoms with van der Waals surface area (Å²) in [5.74, 6) is 0. The molecule has 0 aliphatic carbocycles. The summed E-state index contributed by atoms with van der Waals surface area (Å²) in [5, 5.41) is 0. The Hall–Kier alpha value is -0.160. The van der Waals surface area contributed by atoms with Crippen molar-refractivity contribution in [1.82, 2.24) is 19.6 Å².